The summed E-state index contributed by atoms with van der Waals surface area (Å²) in [5.41, 5.74) is 1.11. The average molecular weight is 273 g/mol. The molecule has 0 atom stereocenters. The van der Waals surface area contributed by atoms with E-state index in [2.05, 4.69) is 15.3 Å². The van der Waals surface area contributed by atoms with Gasteiger partial charge < -0.3 is 10.4 Å². The van der Waals surface area contributed by atoms with Gasteiger partial charge in [-0.2, -0.15) is 0 Å². The van der Waals surface area contributed by atoms with Crippen LogP contribution in [0.15, 0.2) is 30.5 Å². The van der Waals surface area contributed by atoms with E-state index in [9.17, 15) is 9.90 Å². The highest BCUT2D eigenvalue weighted by Crippen LogP contribution is 2.15. The molecule has 1 amide bonds. The van der Waals surface area contributed by atoms with Gasteiger partial charge >= 0.3 is 0 Å². The summed E-state index contributed by atoms with van der Waals surface area (Å²) >= 11 is 0. The molecule has 0 radical (unpaired) electrons. The van der Waals surface area contributed by atoms with E-state index in [0.717, 1.165) is 5.52 Å². The minimum atomic E-state index is -0.593. The van der Waals surface area contributed by atoms with Crippen molar-refractivity contribution in [2.75, 3.05) is 6.61 Å². The van der Waals surface area contributed by atoms with Crippen molar-refractivity contribution in [1.29, 1.82) is 0 Å². The Bertz CT molecular complexity index is 601. The first kappa shape index (κ1) is 14.4. The summed E-state index contributed by atoms with van der Waals surface area (Å²) in [5.74, 6) is -0.305. The number of rotatable bonds is 5. The molecule has 1 aromatic heterocycles. The molecule has 2 N–H and O–H groups in total. The maximum Gasteiger partial charge on any atom is 0.272 e. The Labute approximate surface area is 118 Å². The molecular formula is C15H19N3O2. The average Bonchev–Trinajstić information content (AvgIpc) is 2.52. The van der Waals surface area contributed by atoms with Crippen LogP contribution in [-0.2, 0) is 0 Å². The van der Waals surface area contributed by atoms with E-state index in [-0.39, 0.29) is 18.2 Å². The summed E-state index contributed by atoms with van der Waals surface area (Å²) in [6, 6.07) is 7.40. The van der Waals surface area contributed by atoms with Gasteiger partial charge in [-0.05, 0) is 25.0 Å². The third-order valence-electron chi connectivity index (χ3n) is 3.72. The highest BCUT2D eigenvalue weighted by molar-refractivity contribution is 5.94. The molecule has 0 saturated heterocycles. The van der Waals surface area contributed by atoms with Crippen molar-refractivity contribution in [3.63, 3.8) is 0 Å². The molecule has 5 nitrogen and oxygen atoms in total. The van der Waals surface area contributed by atoms with E-state index >= 15 is 0 Å². The lowest BCUT2D eigenvalue weighted by Gasteiger charge is -2.30. The lowest BCUT2D eigenvalue weighted by Crippen LogP contribution is -2.50. The zero-order valence-corrected chi connectivity index (χ0v) is 11.8. The normalized spacial score (nSPS) is 11.6. The minimum Gasteiger partial charge on any atom is -0.394 e. The molecule has 1 aromatic carbocycles. The maximum atomic E-state index is 12.3. The van der Waals surface area contributed by atoms with E-state index in [1.165, 1.54) is 6.20 Å². The van der Waals surface area contributed by atoms with Crippen LogP contribution in [0, 0.1) is 0 Å². The molecule has 0 aliphatic heterocycles. The van der Waals surface area contributed by atoms with Gasteiger partial charge in [-0.15, -0.1) is 0 Å². The van der Waals surface area contributed by atoms with E-state index in [1.54, 1.807) is 0 Å². The van der Waals surface area contributed by atoms with Crippen LogP contribution in [0.5, 0.6) is 0 Å². The number of benzene rings is 1. The molecule has 0 saturated carbocycles. The smallest absolute Gasteiger partial charge is 0.272 e. The lowest BCUT2D eigenvalue weighted by molar-refractivity contribution is 0.0813. The van der Waals surface area contributed by atoms with Gasteiger partial charge in [-0.3, -0.25) is 9.78 Å². The van der Waals surface area contributed by atoms with Crippen LogP contribution < -0.4 is 5.32 Å². The summed E-state index contributed by atoms with van der Waals surface area (Å²) in [4.78, 5) is 20.8. The van der Waals surface area contributed by atoms with Crippen molar-refractivity contribution in [1.82, 2.24) is 15.3 Å². The number of para-hydroxylation sites is 2. The van der Waals surface area contributed by atoms with E-state index < -0.39 is 5.54 Å². The largest absolute Gasteiger partial charge is 0.394 e. The topological polar surface area (TPSA) is 75.1 Å². The molecule has 20 heavy (non-hydrogen) atoms. The van der Waals surface area contributed by atoms with Crippen molar-refractivity contribution in [2.45, 2.75) is 32.2 Å². The van der Waals surface area contributed by atoms with Crippen molar-refractivity contribution in [3.8, 4) is 0 Å². The van der Waals surface area contributed by atoms with Crippen molar-refractivity contribution < 1.29 is 9.90 Å². The molecule has 0 aliphatic carbocycles. The number of nitrogens with zero attached hydrogens (tertiary/aromatic N) is 2. The van der Waals surface area contributed by atoms with Gasteiger partial charge in [0.1, 0.15) is 5.69 Å². The van der Waals surface area contributed by atoms with Crippen molar-refractivity contribution in [3.05, 3.63) is 36.2 Å². The SMILES string of the molecule is CCC(CC)(CO)NC(=O)c1cnc2ccccc2n1. The zero-order chi connectivity index (χ0) is 14.6. The van der Waals surface area contributed by atoms with Crippen LogP contribution in [-0.4, -0.2) is 33.1 Å². The molecule has 106 valence electrons. The molecular weight excluding hydrogens is 254 g/mol. The summed E-state index contributed by atoms with van der Waals surface area (Å²) in [7, 11) is 0. The predicted octanol–water partition coefficient (Wildman–Crippen LogP) is 1.91. The molecule has 0 fully saturated rings. The van der Waals surface area contributed by atoms with Gasteiger partial charge in [0.15, 0.2) is 0 Å². The van der Waals surface area contributed by atoms with Crippen LogP contribution in [0.25, 0.3) is 11.0 Å². The Balaban J connectivity index is 2.27. The zero-order valence-electron chi connectivity index (χ0n) is 11.8. The molecule has 0 unspecified atom stereocenters. The van der Waals surface area contributed by atoms with Gasteiger partial charge in [-0.1, -0.05) is 26.0 Å². The highest BCUT2D eigenvalue weighted by Gasteiger charge is 2.28. The Kier molecular flexibility index (Phi) is 4.29. The third kappa shape index (κ3) is 2.77. The van der Waals surface area contributed by atoms with Gasteiger partial charge in [0.25, 0.3) is 5.91 Å². The number of fused-ring (bicyclic) bond motifs is 1. The highest BCUT2D eigenvalue weighted by atomic mass is 16.3. The number of carbonyl (C=O) groups is 1. The third-order valence-corrected chi connectivity index (χ3v) is 3.72. The molecule has 0 spiro atoms. The summed E-state index contributed by atoms with van der Waals surface area (Å²) in [6.45, 7) is 3.78. The number of amides is 1. The Morgan fingerprint density at radius 1 is 1.25 bits per heavy atom. The minimum absolute atomic E-state index is 0.0905. The Morgan fingerprint density at radius 2 is 1.90 bits per heavy atom. The molecule has 2 rings (SSSR count). The monoisotopic (exact) mass is 273 g/mol. The molecule has 0 aliphatic rings. The number of carbonyl (C=O) groups excluding carboxylic acids is 1. The number of nitrogens with one attached hydrogen (secondary N) is 1. The standard InChI is InChI=1S/C15H19N3O2/c1-3-15(4-2,10-19)18-14(20)13-9-16-11-7-5-6-8-12(11)17-13/h5-9,19H,3-4,10H2,1-2H3,(H,18,20). The second kappa shape index (κ2) is 5.96. The van der Waals surface area contributed by atoms with Gasteiger partial charge in [0.05, 0.1) is 29.4 Å². The Morgan fingerprint density at radius 3 is 2.50 bits per heavy atom. The lowest BCUT2D eigenvalue weighted by atomic mass is 9.94. The van der Waals surface area contributed by atoms with Crippen LogP contribution in [0.3, 0.4) is 0 Å². The quantitative estimate of drug-likeness (QED) is 0.872. The van der Waals surface area contributed by atoms with E-state index in [0.29, 0.717) is 18.4 Å². The fraction of sp³-hybridized carbons (Fsp3) is 0.400. The van der Waals surface area contributed by atoms with E-state index in [1.807, 2.05) is 38.1 Å². The first-order chi connectivity index (χ1) is 9.64. The van der Waals surface area contributed by atoms with Crippen LogP contribution in [0.1, 0.15) is 37.2 Å². The van der Waals surface area contributed by atoms with Crippen molar-refractivity contribution in [2.24, 2.45) is 0 Å². The fourth-order valence-electron chi connectivity index (χ4n) is 2.06. The predicted molar refractivity (Wildman–Crippen MR) is 77.4 cm³/mol. The summed E-state index contributed by atoms with van der Waals surface area (Å²) < 4.78 is 0. The second-order valence-corrected chi connectivity index (χ2v) is 4.84. The van der Waals surface area contributed by atoms with Crippen LogP contribution >= 0.6 is 0 Å². The van der Waals surface area contributed by atoms with Crippen LogP contribution in [0.4, 0.5) is 0 Å². The van der Waals surface area contributed by atoms with Crippen molar-refractivity contribution >= 4 is 16.9 Å². The second-order valence-electron chi connectivity index (χ2n) is 4.84. The molecule has 2 aromatic rings. The number of hydrogen-bond acceptors (Lipinski definition) is 4. The van der Waals surface area contributed by atoms with Gasteiger partial charge in [-0.25, -0.2) is 4.98 Å². The van der Waals surface area contributed by atoms with Gasteiger partial charge in [0, 0.05) is 0 Å². The molecule has 0 bridgehead atoms. The molecule has 1 heterocycles. The molecule has 5 heteroatoms. The van der Waals surface area contributed by atoms with E-state index in [4.69, 9.17) is 0 Å². The van der Waals surface area contributed by atoms with Crippen LogP contribution in [0.2, 0.25) is 0 Å². The number of aromatic nitrogens is 2. The summed E-state index contributed by atoms with van der Waals surface area (Å²) in [6.07, 6.45) is 2.78. The summed E-state index contributed by atoms with van der Waals surface area (Å²) in [5, 5.41) is 12.4. The maximum absolute atomic E-state index is 12.3. The first-order valence-electron chi connectivity index (χ1n) is 6.79. The fourth-order valence-corrected chi connectivity index (χ4v) is 2.06. The number of aliphatic hydroxyl groups is 1. The Hall–Kier alpha value is -2.01. The van der Waals surface area contributed by atoms with Gasteiger partial charge in [0.2, 0.25) is 0 Å². The number of aliphatic hydroxyl groups excluding tert-OH is 1. The first-order valence-corrected chi connectivity index (χ1v) is 6.79. The number of hydrogen-bond donors (Lipinski definition) is 2.